The van der Waals surface area contributed by atoms with Gasteiger partial charge in [0.15, 0.2) is 0 Å². The third-order valence-corrected chi connectivity index (χ3v) is 15.3. The van der Waals surface area contributed by atoms with Crippen molar-refractivity contribution in [1.29, 1.82) is 0 Å². The molecule has 0 atom stereocenters. The van der Waals surface area contributed by atoms with Crippen molar-refractivity contribution in [2.45, 2.75) is 5.41 Å². The second kappa shape index (κ2) is 17.0. The molecule has 0 aliphatic heterocycles. The largest absolute Gasteiger partial charge is 0.311 e. The van der Waals surface area contributed by atoms with E-state index in [-0.39, 0.29) is 0 Å². The molecule has 0 aromatic heterocycles. The average Bonchev–Trinajstić information content (AvgIpc) is 3.76. The summed E-state index contributed by atoms with van der Waals surface area (Å²) < 4.78 is 0. The predicted molar refractivity (Wildman–Crippen MR) is 305 cm³/mol. The molecule has 0 saturated carbocycles. The van der Waals surface area contributed by atoms with Crippen LogP contribution in [0.25, 0.3) is 87.6 Å². The molecular weight excluding hydrogens is 867 g/mol. The number of hydrogen-bond donors (Lipinski definition) is 0. The van der Waals surface area contributed by atoms with E-state index in [0.717, 1.165) is 17.1 Å². The Morgan fingerprint density at radius 1 is 0.208 bits per heavy atom. The van der Waals surface area contributed by atoms with E-state index in [1.54, 1.807) is 0 Å². The van der Waals surface area contributed by atoms with E-state index in [9.17, 15) is 0 Å². The summed E-state index contributed by atoms with van der Waals surface area (Å²) in [5.41, 5.74) is 17.7. The lowest BCUT2D eigenvalue weighted by Crippen LogP contribution is -2.29. The highest BCUT2D eigenvalue weighted by molar-refractivity contribution is 6.03. The van der Waals surface area contributed by atoms with Gasteiger partial charge >= 0.3 is 0 Å². The van der Waals surface area contributed by atoms with Crippen LogP contribution in [-0.2, 0) is 5.41 Å². The van der Waals surface area contributed by atoms with Crippen molar-refractivity contribution in [2.75, 3.05) is 4.90 Å². The fourth-order valence-corrected chi connectivity index (χ4v) is 12.2. The Balaban J connectivity index is 0.925. The van der Waals surface area contributed by atoms with Crippen LogP contribution in [0.5, 0.6) is 0 Å². The van der Waals surface area contributed by atoms with Gasteiger partial charge in [0.25, 0.3) is 0 Å². The molecule has 0 amide bonds. The van der Waals surface area contributed by atoms with E-state index in [1.807, 2.05) is 0 Å². The minimum atomic E-state index is -0.587. The van der Waals surface area contributed by atoms with Crippen LogP contribution in [0.2, 0.25) is 0 Å². The average molecular weight is 914 g/mol. The summed E-state index contributed by atoms with van der Waals surface area (Å²) in [6.45, 7) is 0. The Kier molecular flexibility index (Phi) is 9.82. The normalized spacial score (nSPS) is 12.6. The van der Waals surface area contributed by atoms with Gasteiger partial charge in [0.2, 0.25) is 0 Å². The number of nitrogens with zero attached hydrogens (tertiary/aromatic N) is 1. The molecule has 0 saturated heterocycles. The molecule has 0 N–H and O–H groups in total. The van der Waals surface area contributed by atoms with Gasteiger partial charge in [0.1, 0.15) is 0 Å². The molecule has 0 unspecified atom stereocenters. The summed E-state index contributed by atoms with van der Waals surface area (Å²) in [7, 11) is 0. The maximum Gasteiger partial charge on any atom is 0.0725 e. The fourth-order valence-electron chi connectivity index (χ4n) is 12.2. The maximum absolute atomic E-state index is 2.39. The molecule has 0 fully saturated rings. The molecule has 13 aromatic rings. The van der Waals surface area contributed by atoms with Crippen LogP contribution in [0.3, 0.4) is 0 Å². The first kappa shape index (κ1) is 41.7. The smallest absolute Gasteiger partial charge is 0.0725 e. The van der Waals surface area contributed by atoms with E-state index in [2.05, 4.69) is 290 Å². The third-order valence-electron chi connectivity index (χ3n) is 15.3. The Hall–Kier alpha value is -9.30. The van der Waals surface area contributed by atoms with Gasteiger partial charge in [-0.05, 0) is 146 Å². The summed E-state index contributed by atoms with van der Waals surface area (Å²) in [6.07, 6.45) is 0. The zero-order valence-electron chi connectivity index (χ0n) is 39.6. The number of rotatable bonds is 8. The van der Waals surface area contributed by atoms with E-state index >= 15 is 0 Å². The summed E-state index contributed by atoms with van der Waals surface area (Å²) >= 11 is 0. The van der Waals surface area contributed by atoms with Crippen LogP contribution in [0, 0.1) is 0 Å². The standard InChI is InChI=1S/C71H47N/c1-5-24-58-48(16-1)20-11-29-60(58)52-36-42-55(43-37-52)72(56-44-38-53(39-45-56)61-30-12-21-49-17-2-6-25-59(49)61)57-46-40-54(41-47-57)64-31-15-35-69-70(64)65-28-9-10-32-68(65)71(69,66-33-13-22-50-18-3-7-26-62(50)66)67-34-14-23-51-19-4-8-27-63(51)67/h1-47H. The van der Waals surface area contributed by atoms with Gasteiger partial charge in [-0.15, -0.1) is 0 Å². The quantitative estimate of drug-likeness (QED) is 0.147. The Bertz CT molecular complexity index is 3980. The number of hydrogen-bond acceptors (Lipinski definition) is 1. The molecule has 0 spiro atoms. The van der Waals surface area contributed by atoms with Crippen molar-refractivity contribution in [1.82, 2.24) is 0 Å². The molecule has 1 nitrogen and oxygen atoms in total. The van der Waals surface area contributed by atoms with Crippen LogP contribution < -0.4 is 4.90 Å². The van der Waals surface area contributed by atoms with Gasteiger partial charge < -0.3 is 4.90 Å². The summed E-state index contributed by atoms with van der Waals surface area (Å²) in [5, 5.41) is 10.0. The molecule has 14 rings (SSSR count). The van der Waals surface area contributed by atoms with E-state index in [0.29, 0.717) is 0 Å². The molecule has 0 heterocycles. The molecule has 336 valence electrons. The van der Waals surface area contributed by atoms with Gasteiger partial charge in [-0.25, -0.2) is 0 Å². The van der Waals surface area contributed by atoms with Gasteiger partial charge in [0.05, 0.1) is 5.41 Å². The maximum atomic E-state index is 2.39. The zero-order chi connectivity index (χ0) is 47.6. The van der Waals surface area contributed by atoms with Crippen molar-refractivity contribution in [3.8, 4) is 44.5 Å². The minimum absolute atomic E-state index is 0.587. The third kappa shape index (κ3) is 6.55. The van der Waals surface area contributed by atoms with Crippen molar-refractivity contribution < 1.29 is 0 Å². The van der Waals surface area contributed by atoms with Crippen molar-refractivity contribution in [3.05, 3.63) is 307 Å². The second-order valence-corrected chi connectivity index (χ2v) is 19.1. The van der Waals surface area contributed by atoms with Crippen LogP contribution in [-0.4, -0.2) is 0 Å². The molecule has 0 radical (unpaired) electrons. The first-order valence-corrected chi connectivity index (χ1v) is 25.0. The summed E-state index contributed by atoms with van der Waals surface area (Å²) in [5.74, 6) is 0. The second-order valence-electron chi connectivity index (χ2n) is 19.1. The minimum Gasteiger partial charge on any atom is -0.311 e. The summed E-state index contributed by atoms with van der Waals surface area (Å²) in [4.78, 5) is 2.39. The van der Waals surface area contributed by atoms with Crippen LogP contribution in [0.4, 0.5) is 17.1 Å². The van der Waals surface area contributed by atoms with Gasteiger partial charge in [-0.1, -0.05) is 249 Å². The van der Waals surface area contributed by atoms with E-state index in [1.165, 1.54) is 110 Å². The number of benzene rings is 13. The Morgan fingerprint density at radius 2 is 0.514 bits per heavy atom. The lowest BCUT2D eigenvalue weighted by atomic mass is 9.65. The molecule has 0 bridgehead atoms. The molecule has 72 heavy (non-hydrogen) atoms. The van der Waals surface area contributed by atoms with Crippen LogP contribution in [0.1, 0.15) is 22.3 Å². The Morgan fingerprint density at radius 3 is 1.00 bits per heavy atom. The Labute approximate surface area is 420 Å². The van der Waals surface area contributed by atoms with Crippen molar-refractivity contribution >= 4 is 60.2 Å². The molecule has 1 aliphatic carbocycles. The lowest BCUT2D eigenvalue weighted by Gasteiger charge is -2.36. The molecule has 13 aromatic carbocycles. The zero-order valence-corrected chi connectivity index (χ0v) is 39.6. The van der Waals surface area contributed by atoms with E-state index in [4.69, 9.17) is 0 Å². The first-order valence-electron chi connectivity index (χ1n) is 25.0. The van der Waals surface area contributed by atoms with Gasteiger partial charge in [-0.2, -0.15) is 0 Å². The van der Waals surface area contributed by atoms with Gasteiger partial charge in [0, 0.05) is 17.1 Å². The predicted octanol–water partition coefficient (Wildman–Crippen LogP) is 19.1. The highest BCUT2D eigenvalue weighted by Gasteiger charge is 2.48. The van der Waals surface area contributed by atoms with E-state index < -0.39 is 5.41 Å². The lowest BCUT2D eigenvalue weighted by molar-refractivity contribution is 0.785. The molecule has 1 aliphatic rings. The highest BCUT2D eigenvalue weighted by Crippen LogP contribution is 2.60. The topological polar surface area (TPSA) is 3.24 Å². The highest BCUT2D eigenvalue weighted by atomic mass is 15.1. The van der Waals surface area contributed by atoms with Crippen molar-refractivity contribution in [3.63, 3.8) is 0 Å². The fraction of sp³-hybridized carbons (Fsp3) is 0.0141. The van der Waals surface area contributed by atoms with Crippen LogP contribution >= 0.6 is 0 Å². The number of fused-ring (bicyclic) bond motifs is 7. The van der Waals surface area contributed by atoms with Crippen molar-refractivity contribution in [2.24, 2.45) is 0 Å². The van der Waals surface area contributed by atoms with Crippen LogP contribution in [0.15, 0.2) is 285 Å². The molecular formula is C71H47N. The SMILES string of the molecule is c1ccc2c(c1)-c1c(-c3ccc(N(c4ccc(-c5cccc6ccccc56)cc4)c4ccc(-c5cccc6ccccc56)cc4)cc3)cccc1C2(c1cccc2ccccc12)c1cccc2ccccc12. The monoisotopic (exact) mass is 913 g/mol. The first-order chi connectivity index (χ1) is 35.7. The number of anilines is 3. The summed E-state index contributed by atoms with van der Waals surface area (Å²) in [6, 6.07) is 106. The van der Waals surface area contributed by atoms with Gasteiger partial charge in [-0.3, -0.25) is 0 Å². The molecule has 1 heteroatoms.